The van der Waals surface area contributed by atoms with Gasteiger partial charge in [0.25, 0.3) is 11.8 Å². The molecule has 178 valence electrons. The van der Waals surface area contributed by atoms with Crippen molar-refractivity contribution in [1.82, 2.24) is 20.4 Å². The minimum absolute atomic E-state index is 0.0798. The van der Waals surface area contributed by atoms with E-state index in [1.165, 1.54) is 0 Å². The molecule has 0 aliphatic carbocycles. The summed E-state index contributed by atoms with van der Waals surface area (Å²) in [5, 5.41) is 25.4. The predicted octanol–water partition coefficient (Wildman–Crippen LogP) is 0.952. The molecule has 0 aromatic rings. The van der Waals surface area contributed by atoms with Crippen molar-refractivity contribution in [2.45, 2.75) is 27.7 Å². The molecule has 4 N–H and O–H groups in total. The fourth-order valence-electron chi connectivity index (χ4n) is 2.69. The Morgan fingerprint density at radius 1 is 0.656 bits per heavy atom. The van der Waals surface area contributed by atoms with Crippen LogP contribution in [-0.4, -0.2) is 84.7 Å². The molecule has 0 atom stereocenters. The molecule has 10 heteroatoms. The van der Waals surface area contributed by atoms with Gasteiger partial charge in [-0.15, -0.1) is 0 Å². The molecule has 0 unspecified atom stereocenters. The zero-order valence-electron chi connectivity index (χ0n) is 20.0. The van der Waals surface area contributed by atoms with Gasteiger partial charge >= 0.3 is 0 Å². The second-order valence-electron chi connectivity index (χ2n) is 7.62. The molecule has 0 fully saturated rings. The van der Waals surface area contributed by atoms with Crippen molar-refractivity contribution in [2.75, 3.05) is 41.3 Å². The van der Waals surface area contributed by atoms with Crippen molar-refractivity contribution in [3.63, 3.8) is 0 Å². The predicted molar refractivity (Wildman–Crippen MR) is 122 cm³/mol. The third-order valence-electron chi connectivity index (χ3n) is 3.98. The van der Waals surface area contributed by atoms with E-state index in [-0.39, 0.29) is 13.1 Å². The summed E-state index contributed by atoms with van der Waals surface area (Å²) in [5.41, 5.74) is -0.148. The zero-order chi connectivity index (χ0) is 25.2. The summed E-state index contributed by atoms with van der Waals surface area (Å²) in [6.45, 7) is 5.27. The highest BCUT2D eigenvalue weighted by Crippen LogP contribution is 2.14. The summed E-state index contributed by atoms with van der Waals surface area (Å²) >= 11 is 0. The lowest BCUT2D eigenvalue weighted by molar-refractivity contribution is -0.124. The van der Waals surface area contributed by atoms with E-state index in [0.29, 0.717) is 11.1 Å². The molecule has 0 aromatic carbocycles. The van der Waals surface area contributed by atoms with Gasteiger partial charge in [0.2, 0.25) is 0 Å². The number of amides is 2. The van der Waals surface area contributed by atoms with Crippen molar-refractivity contribution in [3.05, 3.63) is 46.2 Å². The topological polar surface area (TPSA) is 139 Å². The van der Waals surface area contributed by atoms with Gasteiger partial charge in [0.1, 0.15) is 22.7 Å². The number of aliphatic hydroxyl groups is 2. The van der Waals surface area contributed by atoms with Crippen LogP contribution in [0.25, 0.3) is 0 Å². The molecule has 0 bridgehead atoms. The molecule has 0 spiro atoms. The first-order valence-electron chi connectivity index (χ1n) is 9.85. The van der Waals surface area contributed by atoms with Crippen LogP contribution in [0.3, 0.4) is 0 Å². The number of hydrogen-bond donors (Lipinski definition) is 4. The number of ketones is 2. The lowest BCUT2D eigenvalue weighted by Gasteiger charge is -2.13. The Morgan fingerprint density at radius 2 is 0.938 bits per heavy atom. The van der Waals surface area contributed by atoms with Crippen molar-refractivity contribution in [3.8, 4) is 0 Å². The summed E-state index contributed by atoms with van der Waals surface area (Å²) in [6, 6.07) is 0. The van der Waals surface area contributed by atoms with Crippen LogP contribution in [0.2, 0.25) is 0 Å². The van der Waals surface area contributed by atoms with Gasteiger partial charge in [0.05, 0.1) is 0 Å². The maximum atomic E-state index is 12.4. The summed E-state index contributed by atoms with van der Waals surface area (Å²) < 4.78 is 0. The summed E-state index contributed by atoms with van der Waals surface area (Å²) in [7, 11) is 6.91. The minimum Gasteiger partial charge on any atom is -0.507 e. The van der Waals surface area contributed by atoms with Gasteiger partial charge in [-0.2, -0.15) is 0 Å². The van der Waals surface area contributed by atoms with E-state index >= 15 is 0 Å². The normalized spacial score (nSPS) is 13.5. The van der Waals surface area contributed by atoms with Gasteiger partial charge in [-0.05, 0) is 27.7 Å². The van der Waals surface area contributed by atoms with Crippen LogP contribution >= 0.6 is 0 Å². The molecule has 0 aromatic heterocycles. The summed E-state index contributed by atoms with van der Waals surface area (Å²) in [5.74, 6) is -3.72. The van der Waals surface area contributed by atoms with E-state index in [2.05, 4.69) is 10.6 Å². The first-order valence-corrected chi connectivity index (χ1v) is 9.85. The number of nitrogens with one attached hydrogen (secondary N) is 2. The molecule has 0 aliphatic rings. The highest BCUT2D eigenvalue weighted by atomic mass is 16.3. The average Bonchev–Trinajstić information content (AvgIpc) is 2.63. The van der Waals surface area contributed by atoms with Gasteiger partial charge in [-0.3, -0.25) is 19.2 Å². The molecule has 0 rings (SSSR count). The zero-order valence-corrected chi connectivity index (χ0v) is 20.0. The van der Waals surface area contributed by atoms with Gasteiger partial charge in [-0.25, -0.2) is 0 Å². The van der Waals surface area contributed by atoms with E-state index in [9.17, 15) is 29.4 Å². The number of rotatable bonds is 11. The van der Waals surface area contributed by atoms with Crippen LogP contribution in [0.5, 0.6) is 0 Å². The van der Waals surface area contributed by atoms with E-state index < -0.39 is 46.0 Å². The number of allylic oxidation sites excluding steroid dienone is 2. The number of nitrogens with zero attached hydrogens (tertiary/aromatic N) is 2. The Kier molecular flexibility index (Phi) is 11.5. The number of aliphatic hydroxyl groups excluding tert-OH is 2. The molecule has 0 heterocycles. The maximum Gasteiger partial charge on any atom is 0.258 e. The molecule has 32 heavy (non-hydrogen) atoms. The quantitative estimate of drug-likeness (QED) is 0.0911. The third kappa shape index (κ3) is 9.07. The molecular formula is C22H34N4O6. The number of hydrogen-bond acceptors (Lipinski definition) is 8. The second kappa shape index (κ2) is 13.0. The van der Waals surface area contributed by atoms with Crippen molar-refractivity contribution in [1.29, 1.82) is 0 Å². The van der Waals surface area contributed by atoms with Crippen LogP contribution in [0, 0.1) is 0 Å². The molecule has 0 radical (unpaired) electrons. The average molecular weight is 451 g/mol. The lowest BCUT2D eigenvalue weighted by Crippen LogP contribution is -2.38. The molecule has 2 amide bonds. The molecule has 0 aliphatic heterocycles. The van der Waals surface area contributed by atoms with Crippen molar-refractivity contribution in [2.24, 2.45) is 0 Å². The van der Waals surface area contributed by atoms with Gasteiger partial charge in [0.15, 0.2) is 11.6 Å². The highest BCUT2D eigenvalue weighted by molar-refractivity contribution is 6.20. The summed E-state index contributed by atoms with van der Waals surface area (Å²) in [4.78, 5) is 51.8. The van der Waals surface area contributed by atoms with Crippen LogP contribution < -0.4 is 10.6 Å². The number of carbonyl (C=O) groups excluding carboxylic acids is 4. The van der Waals surface area contributed by atoms with E-state index in [4.69, 9.17) is 0 Å². The largest absolute Gasteiger partial charge is 0.507 e. The van der Waals surface area contributed by atoms with Gasteiger partial charge < -0.3 is 30.6 Å². The molecule has 10 nitrogen and oxygen atoms in total. The Balaban J connectivity index is 5.32. The standard InChI is InChI=1S/C22H34N4O6/c1-13(11-25(5)6)19(29)17(15(3)27)21(31)23-9-10-24-22(32)18(16(4)28)20(30)14(2)12-26(7)8/h11-12,29-30H,9-10H2,1-8H3,(H,23,31)(H,24,32)/b13-11+,14-12+,19-17-,20-18-. The van der Waals surface area contributed by atoms with E-state index in [0.717, 1.165) is 13.8 Å². The van der Waals surface area contributed by atoms with Gasteiger partial charge in [0, 0.05) is 64.8 Å². The Hall–Kier alpha value is -3.56. The minimum atomic E-state index is -0.800. The SMILES string of the molecule is CC(=O)/C(C(=O)NCCNC(=O)/C(C(C)=O)=C(O)/C(C)=C/N(C)C)=C(O)\C(C)=C\N(C)C. The Bertz CT molecular complexity index is 807. The fourth-order valence-corrected chi connectivity index (χ4v) is 2.69. The number of carbonyl (C=O) groups is 4. The molecule has 0 saturated carbocycles. The van der Waals surface area contributed by atoms with Crippen LogP contribution in [0.1, 0.15) is 27.7 Å². The Labute approximate surface area is 188 Å². The van der Waals surface area contributed by atoms with Crippen LogP contribution in [-0.2, 0) is 19.2 Å². The Morgan fingerprint density at radius 3 is 1.16 bits per heavy atom. The van der Waals surface area contributed by atoms with Crippen molar-refractivity contribution >= 4 is 23.4 Å². The highest BCUT2D eigenvalue weighted by Gasteiger charge is 2.22. The number of Topliss-reactive ketones (excluding diaryl/α,β-unsaturated/α-hetero) is 2. The first kappa shape index (κ1) is 28.4. The monoisotopic (exact) mass is 450 g/mol. The van der Waals surface area contributed by atoms with Crippen LogP contribution in [0.4, 0.5) is 0 Å². The summed E-state index contributed by atoms with van der Waals surface area (Å²) in [6.07, 6.45) is 3.11. The third-order valence-corrected chi connectivity index (χ3v) is 3.98. The smallest absolute Gasteiger partial charge is 0.258 e. The van der Waals surface area contributed by atoms with Crippen molar-refractivity contribution < 1.29 is 29.4 Å². The van der Waals surface area contributed by atoms with E-state index in [1.54, 1.807) is 64.2 Å². The molecule has 0 saturated heterocycles. The fraction of sp³-hybridized carbons (Fsp3) is 0.455. The second-order valence-corrected chi connectivity index (χ2v) is 7.62. The molecular weight excluding hydrogens is 416 g/mol. The first-order chi connectivity index (χ1) is 14.7. The van der Waals surface area contributed by atoms with Crippen LogP contribution in [0.15, 0.2) is 46.2 Å². The van der Waals surface area contributed by atoms with Gasteiger partial charge in [-0.1, -0.05) is 0 Å². The van der Waals surface area contributed by atoms with E-state index in [1.807, 2.05) is 0 Å². The maximum absolute atomic E-state index is 12.4. The lowest BCUT2D eigenvalue weighted by atomic mass is 10.1.